The van der Waals surface area contributed by atoms with Crippen LogP contribution in [-0.4, -0.2) is 29.8 Å². The van der Waals surface area contributed by atoms with Gasteiger partial charge in [-0.05, 0) is 18.9 Å². The first-order valence-corrected chi connectivity index (χ1v) is 6.47. The third-order valence-corrected chi connectivity index (χ3v) is 3.71. The average molecular weight is 231 g/mol. The Kier molecular flexibility index (Phi) is 3.95. The molecule has 1 aromatic rings. The second-order valence-corrected chi connectivity index (χ2v) is 5.15. The molecule has 2 atom stereocenters. The zero-order chi connectivity index (χ0) is 12.3. The van der Waals surface area contributed by atoms with Crippen LogP contribution in [0.3, 0.4) is 0 Å². The highest BCUT2D eigenvalue weighted by Crippen LogP contribution is 2.18. The summed E-state index contributed by atoms with van der Waals surface area (Å²) in [4.78, 5) is 14.0. The molecule has 1 heterocycles. The van der Waals surface area contributed by atoms with Crippen LogP contribution in [0.25, 0.3) is 0 Å². The van der Waals surface area contributed by atoms with Gasteiger partial charge in [-0.15, -0.1) is 0 Å². The summed E-state index contributed by atoms with van der Waals surface area (Å²) < 4.78 is 0. The largest absolute Gasteiger partial charge is 0.299 e. The third kappa shape index (κ3) is 3.16. The first-order chi connectivity index (χ1) is 8.16. The molecule has 1 aromatic carbocycles. The van der Waals surface area contributed by atoms with Gasteiger partial charge in [0, 0.05) is 31.5 Å². The Bertz CT molecular complexity index is 374. The molecule has 1 aliphatic heterocycles. The van der Waals surface area contributed by atoms with Crippen LogP contribution in [0.5, 0.6) is 0 Å². The number of benzene rings is 1. The lowest BCUT2D eigenvalue weighted by Gasteiger charge is -2.35. The lowest BCUT2D eigenvalue weighted by molar-refractivity contribution is -0.127. The van der Waals surface area contributed by atoms with Crippen LogP contribution >= 0.6 is 0 Å². The van der Waals surface area contributed by atoms with Crippen LogP contribution in [0.4, 0.5) is 0 Å². The van der Waals surface area contributed by atoms with Gasteiger partial charge in [-0.3, -0.25) is 9.69 Å². The molecule has 0 N–H and O–H groups in total. The minimum atomic E-state index is 0.210. The van der Waals surface area contributed by atoms with E-state index in [9.17, 15) is 4.79 Å². The van der Waals surface area contributed by atoms with Gasteiger partial charge in [-0.1, -0.05) is 37.3 Å². The Morgan fingerprint density at radius 2 is 1.94 bits per heavy atom. The van der Waals surface area contributed by atoms with Crippen molar-refractivity contribution in [1.29, 1.82) is 0 Å². The molecule has 0 bridgehead atoms. The lowest BCUT2D eigenvalue weighted by atomic mass is 9.93. The molecule has 0 aromatic heterocycles. The molecule has 0 amide bonds. The fourth-order valence-corrected chi connectivity index (χ4v) is 2.48. The summed E-state index contributed by atoms with van der Waals surface area (Å²) in [5.74, 6) is 0.635. The summed E-state index contributed by atoms with van der Waals surface area (Å²) in [5.41, 5.74) is 1.38. The lowest BCUT2D eigenvalue weighted by Crippen LogP contribution is -2.46. The number of ketones is 1. The fraction of sp³-hybridized carbons (Fsp3) is 0.533. The molecular formula is C15H21NO. The van der Waals surface area contributed by atoms with Crippen molar-refractivity contribution in [3.63, 3.8) is 0 Å². The van der Waals surface area contributed by atoms with Gasteiger partial charge in [-0.2, -0.15) is 0 Å². The highest BCUT2D eigenvalue weighted by Gasteiger charge is 2.28. The van der Waals surface area contributed by atoms with Crippen LogP contribution in [0.15, 0.2) is 30.3 Å². The van der Waals surface area contributed by atoms with E-state index < -0.39 is 0 Å². The van der Waals surface area contributed by atoms with E-state index in [0.29, 0.717) is 11.8 Å². The molecule has 1 saturated heterocycles. The summed E-state index contributed by atoms with van der Waals surface area (Å²) in [7, 11) is 0. The van der Waals surface area contributed by atoms with Crippen molar-refractivity contribution < 1.29 is 4.79 Å². The minimum Gasteiger partial charge on any atom is -0.299 e. The number of piperidine rings is 1. The molecule has 2 nitrogen and oxygen atoms in total. The van der Waals surface area contributed by atoms with E-state index in [2.05, 4.69) is 36.1 Å². The first-order valence-electron chi connectivity index (χ1n) is 6.47. The van der Waals surface area contributed by atoms with Crippen molar-refractivity contribution in [1.82, 2.24) is 4.90 Å². The molecule has 92 valence electrons. The molecule has 17 heavy (non-hydrogen) atoms. The van der Waals surface area contributed by atoms with Gasteiger partial charge < -0.3 is 0 Å². The zero-order valence-electron chi connectivity index (χ0n) is 10.7. The molecule has 2 rings (SSSR count). The van der Waals surface area contributed by atoms with Gasteiger partial charge in [-0.25, -0.2) is 0 Å². The smallest absolute Gasteiger partial charge is 0.138 e. The maximum Gasteiger partial charge on any atom is 0.138 e. The first kappa shape index (κ1) is 12.3. The Balaban J connectivity index is 1.89. The number of hydrogen-bond donors (Lipinski definition) is 0. The van der Waals surface area contributed by atoms with Crippen LogP contribution in [0, 0.1) is 5.92 Å². The monoisotopic (exact) mass is 231 g/mol. The van der Waals surface area contributed by atoms with E-state index in [4.69, 9.17) is 0 Å². The van der Waals surface area contributed by atoms with Crippen molar-refractivity contribution >= 4 is 5.78 Å². The number of Topliss-reactive ketones (excluding diaryl/α,β-unsaturated/α-hetero) is 1. The molecule has 0 radical (unpaired) electrons. The molecule has 1 aliphatic rings. The van der Waals surface area contributed by atoms with E-state index >= 15 is 0 Å². The maximum absolute atomic E-state index is 11.6. The van der Waals surface area contributed by atoms with Gasteiger partial charge in [0.25, 0.3) is 0 Å². The zero-order valence-corrected chi connectivity index (χ0v) is 10.7. The van der Waals surface area contributed by atoms with Crippen molar-refractivity contribution in [3.05, 3.63) is 35.9 Å². The van der Waals surface area contributed by atoms with E-state index in [-0.39, 0.29) is 5.92 Å². The summed E-state index contributed by atoms with van der Waals surface area (Å²) >= 11 is 0. The predicted molar refractivity (Wildman–Crippen MR) is 70.0 cm³/mol. The van der Waals surface area contributed by atoms with Crippen LogP contribution in [-0.2, 0) is 11.2 Å². The van der Waals surface area contributed by atoms with Crippen LogP contribution in [0.2, 0.25) is 0 Å². The Hall–Kier alpha value is -1.15. The minimum absolute atomic E-state index is 0.210. The SMILES string of the molecule is CC1CN(CCc2ccccc2)C(C)CC1=O. The van der Waals surface area contributed by atoms with Crippen molar-refractivity contribution in [2.24, 2.45) is 5.92 Å². The van der Waals surface area contributed by atoms with Gasteiger partial charge in [0.1, 0.15) is 5.78 Å². The second-order valence-electron chi connectivity index (χ2n) is 5.15. The Labute approximate surface area is 104 Å². The predicted octanol–water partition coefficient (Wildman–Crippen LogP) is 2.53. The van der Waals surface area contributed by atoms with E-state index in [1.165, 1.54) is 5.56 Å². The molecule has 1 fully saturated rings. The highest BCUT2D eigenvalue weighted by molar-refractivity contribution is 5.82. The number of rotatable bonds is 3. The van der Waals surface area contributed by atoms with Gasteiger partial charge >= 0.3 is 0 Å². The van der Waals surface area contributed by atoms with E-state index in [0.717, 1.165) is 25.9 Å². The summed E-state index contributed by atoms with van der Waals surface area (Å²) in [6.45, 7) is 6.19. The highest BCUT2D eigenvalue weighted by atomic mass is 16.1. The van der Waals surface area contributed by atoms with Gasteiger partial charge in [0.05, 0.1) is 0 Å². The molecule has 2 heteroatoms. The average Bonchev–Trinajstić information content (AvgIpc) is 2.33. The van der Waals surface area contributed by atoms with Crippen molar-refractivity contribution in [3.8, 4) is 0 Å². The van der Waals surface area contributed by atoms with Gasteiger partial charge in [0.2, 0.25) is 0 Å². The van der Waals surface area contributed by atoms with Crippen LogP contribution < -0.4 is 0 Å². The van der Waals surface area contributed by atoms with Crippen LogP contribution in [0.1, 0.15) is 25.8 Å². The van der Waals surface area contributed by atoms with E-state index in [1.807, 2.05) is 13.0 Å². The maximum atomic E-state index is 11.6. The molecule has 0 saturated carbocycles. The number of likely N-dealkylation sites (tertiary alicyclic amines) is 1. The number of hydrogen-bond acceptors (Lipinski definition) is 2. The normalized spacial score (nSPS) is 26.1. The molecular weight excluding hydrogens is 210 g/mol. The van der Waals surface area contributed by atoms with E-state index in [1.54, 1.807) is 0 Å². The van der Waals surface area contributed by atoms with Crippen molar-refractivity contribution in [2.45, 2.75) is 32.7 Å². The third-order valence-electron chi connectivity index (χ3n) is 3.71. The number of carbonyl (C=O) groups excluding carboxylic acids is 1. The summed E-state index contributed by atoms with van der Waals surface area (Å²) in [6.07, 6.45) is 1.79. The van der Waals surface area contributed by atoms with Gasteiger partial charge in [0.15, 0.2) is 0 Å². The standard InChI is InChI=1S/C15H21NO/c1-12-11-16(13(2)10-15(12)17)9-8-14-6-4-3-5-7-14/h3-7,12-13H,8-11H2,1-2H3. The number of nitrogens with zero attached hydrogens (tertiary/aromatic N) is 1. The molecule has 0 spiro atoms. The molecule has 0 aliphatic carbocycles. The topological polar surface area (TPSA) is 20.3 Å². The second kappa shape index (κ2) is 5.46. The molecule has 2 unspecified atom stereocenters. The Morgan fingerprint density at radius 3 is 2.65 bits per heavy atom. The fourth-order valence-electron chi connectivity index (χ4n) is 2.48. The summed E-state index contributed by atoms with van der Waals surface area (Å²) in [6, 6.07) is 11.0. The van der Waals surface area contributed by atoms with Crippen molar-refractivity contribution in [2.75, 3.05) is 13.1 Å². The Morgan fingerprint density at radius 1 is 1.24 bits per heavy atom. The number of carbonyl (C=O) groups is 1. The summed E-state index contributed by atoms with van der Waals surface area (Å²) in [5, 5.41) is 0. The quantitative estimate of drug-likeness (QED) is 0.796.